The minimum absolute atomic E-state index is 0.00431. The van der Waals surface area contributed by atoms with E-state index < -0.39 is 22.8 Å². The van der Waals surface area contributed by atoms with E-state index in [1.807, 2.05) is 20.8 Å². The number of hydrogen-bond donors (Lipinski definition) is 1. The zero-order valence-electron chi connectivity index (χ0n) is 14.9. The maximum absolute atomic E-state index is 14.1. The summed E-state index contributed by atoms with van der Waals surface area (Å²) in [5, 5.41) is 3.44. The third-order valence-electron chi connectivity index (χ3n) is 3.87. The molecule has 5 nitrogen and oxygen atoms in total. The molecule has 0 unspecified atom stereocenters. The van der Waals surface area contributed by atoms with Crippen LogP contribution in [-0.4, -0.2) is 21.0 Å². The highest BCUT2D eigenvalue weighted by Gasteiger charge is 2.21. The van der Waals surface area contributed by atoms with Crippen LogP contribution in [-0.2, 0) is 6.54 Å². The quantitative estimate of drug-likeness (QED) is 0.787. The summed E-state index contributed by atoms with van der Waals surface area (Å²) in [6.45, 7) is 5.51. The molecule has 0 aliphatic carbocycles. The molecule has 0 aliphatic rings. The van der Waals surface area contributed by atoms with Gasteiger partial charge >= 0.3 is 0 Å². The molecule has 1 N–H and O–H groups in total. The SMILES string of the molecule is CC(C)(C)NC(=O)c1cc2cccnc2n(Cc2ccccc2F)c1=O. The predicted octanol–water partition coefficient (Wildman–Crippen LogP) is 3.11. The molecule has 26 heavy (non-hydrogen) atoms. The third kappa shape index (κ3) is 3.64. The Kier molecular flexibility index (Phi) is 4.59. The first-order valence-electron chi connectivity index (χ1n) is 8.31. The summed E-state index contributed by atoms with van der Waals surface area (Å²) in [7, 11) is 0. The van der Waals surface area contributed by atoms with Crippen molar-refractivity contribution < 1.29 is 9.18 Å². The Morgan fingerprint density at radius 2 is 1.92 bits per heavy atom. The van der Waals surface area contributed by atoms with Crippen LogP contribution in [0.5, 0.6) is 0 Å². The number of amides is 1. The van der Waals surface area contributed by atoms with Gasteiger partial charge in [-0.3, -0.25) is 14.2 Å². The van der Waals surface area contributed by atoms with E-state index in [0.29, 0.717) is 16.6 Å². The van der Waals surface area contributed by atoms with Crippen LogP contribution in [0.3, 0.4) is 0 Å². The van der Waals surface area contributed by atoms with Crippen molar-refractivity contribution in [3.63, 3.8) is 0 Å². The zero-order chi connectivity index (χ0) is 18.9. The number of fused-ring (bicyclic) bond motifs is 1. The van der Waals surface area contributed by atoms with Crippen molar-refractivity contribution in [2.75, 3.05) is 0 Å². The van der Waals surface area contributed by atoms with Crippen molar-refractivity contribution in [2.45, 2.75) is 32.9 Å². The zero-order valence-corrected chi connectivity index (χ0v) is 14.9. The molecule has 0 saturated heterocycles. The highest BCUT2D eigenvalue weighted by Crippen LogP contribution is 2.15. The number of carbonyl (C=O) groups excluding carboxylic acids is 1. The number of carbonyl (C=O) groups is 1. The van der Waals surface area contributed by atoms with Gasteiger partial charge in [-0.05, 0) is 45.0 Å². The number of hydrogen-bond acceptors (Lipinski definition) is 3. The van der Waals surface area contributed by atoms with Crippen molar-refractivity contribution in [3.8, 4) is 0 Å². The Balaban J connectivity index is 2.18. The summed E-state index contributed by atoms with van der Waals surface area (Å²) in [6, 6.07) is 11.3. The Bertz CT molecular complexity index is 1040. The van der Waals surface area contributed by atoms with E-state index in [4.69, 9.17) is 0 Å². The Morgan fingerprint density at radius 3 is 2.62 bits per heavy atom. The average molecular weight is 353 g/mol. The summed E-state index contributed by atoms with van der Waals surface area (Å²) in [6.07, 6.45) is 1.56. The Morgan fingerprint density at radius 1 is 1.19 bits per heavy atom. The number of aromatic nitrogens is 2. The van der Waals surface area contributed by atoms with E-state index in [-0.39, 0.29) is 12.1 Å². The van der Waals surface area contributed by atoms with Crippen LogP contribution >= 0.6 is 0 Å². The fourth-order valence-corrected chi connectivity index (χ4v) is 2.72. The molecule has 3 aromatic rings. The normalized spacial score (nSPS) is 11.5. The lowest BCUT2D eigenvalue weighted by Gasteiger charge is -2.21. The van der Waals surface area contributed by atoms with Gasteiger partial charge in [0.1, 0.15) is 17.0 Å². The molecule has 3 rings (SSSR count). The van der Waals surface area contributed by atoms with Crippen LogP contribution in [0.25, 0.3) is 11.0 Å². The van der Waals surface area contributed by atoms with Crippen molar-refractivity contribution in [2.24, 2.45) is 0 Å². The van der Waals surface area contributed by atoms with Crippen LogP contribution in [0, 0.1) is 5.82 Å². The van der Waals surface area contributed by atoms with Gasteiger partial charge in [-0.15, -0.1) is 0 Å². The number of benzene rings is 1. The van der Waals surface area contributed by atoms with Gasteiger partial charge in [-0.25, -0.2) is 9.37 Å². The fourth-order valence-electron chi connectivity index (χ4n) is 2.72. The molecule has 0 atom stereocenters. The van der Waals surface area contributed by atoms with E-state index >= 15 is 0 Å². The Hall–Kier alpha value is -3.02. The molecule has 0 saturated carbocycles. The van der Waals surface area contributed by atoms with Crippen LogP contribution in [0.15, 0.2) is 53.5 Å². The van der Waals surface area contributed by atoms with Crippen molar-refractivity contribution in [1.82, 2.24) is 14.9 Å². The first-order valence-corrected chi connectivity index (χ1v) is 8.31. The van der Waals surface area contributed by atoms with E-state index in [2.05, 4.69) is 10.3 Å². The van der Waals surface area contributed by atoms with E-state index in [1.165, 1.54) is 16.7 Å². The number of halogens is 1. The molecule has 2 aromatic heterocycles. The van der Waals surface area contributed by atoms with Gasteiger partial charge in [-0.2, -0.15) is 0 Å². The monoisotopic (exact) mass is 353 g/mol. The van der Waals surface area contributed by atoms with Crippen LogP contribution < -0.4 is 10.9 Å². The molecule has 134 valence electrons. The number of nitrogens with one attached hydrogen (secondary N) is 1. The lowest BCUT2D eigenvalue weighted by Crippen LogP contribution is -2.43. The van der Waals surface area contributed by atoms with Crippen molar-refractivity contribution in [1.29, 1.82) is 0 Å². The van der Waals surface area contributed by atoms with Gasteiger partial charge in [0.05, 0.1) is 6.54 Å². The molecule has 2 heterocycles. The molecular weight excluding hydrogens is 333 g/mol. The van der Waals surface area contributed by atoms with E-state index in [9.17, 15) is 14.0 Å². The Labute approximate surface area is 150 Å². The highest BCUT2D eigenvalue weighted by atomic mass is 19.1. The second-order valence-electron chi connectivity index (χ2n) is 7.16. The maximum Gasteiger partial charge on any atom is 0.265 e. The minimum atomic E-state index is -0.499. The first kappa shape index (κ1) is 17.8. The average Bonchev–Trinajstić information content (AvgIpc) is 2.57. The minimum Gasteiger partial charge on any atom is -0.347 e. The second-order valence-corrected chi connectivity index (χ2v) is 7.16. The summed E-state index contributed by atoms with van der Waals surface area (Å²) in [4.78, 5) is 29.8. The van der Waals surface area contributed by atoms with Gasteiger partial charge < -0.3 is 5.32 Å². The van der Waals surface area contributed by atoms with Gasteiger partial charge in [0.15, 0.2) is 0 Å². The first-order chi connectivity index (χ1) is 12.3. The lowest BCUT2D eigenvalue weighted by molar-refractivity contribution is 0.0917. The molecule has 1 aromatic carbocycles. The molecule has 0 spiro atoms. The fraction of sp³-hybridized carbons (Fsp3) is 0.250. The summed E-state index contributed by atoms with van der Waals surface area (Å²) in [5.74, 6) is -0.872. The number of nitrogens with zero attached hydrogens (tertiary/aromatic N) is 2. The summed E-state index contributed by atoms with van der Waals surface area (Å²) >= 11 is 0. The topological polar surface area (TPSA) is 64.0 Å². The standard InChI is InChI=1S/C20H20FN3O2/c1-20(2,3)23-18(25)15-11-13-8-6-10-22-17(13)24(19(15)26)12-14-7-4-5-9-16(14)21/h4-11H,12H2,1-3H3,(H,23,25). The van der Waals surface area contributed by atoms with E-state index in [0.717, 1.165) is 0 Å². The predicted molar refractivity (Wildman–Crippen MR) is 98.7 cm³/mol. The van der Waals surface area contributed by atoms with Gasteiger partial charge in [0.2, 0.25) is 0 Å². The van der Waals surface area contributed by atoms with Crippen LogP contribution in [0.4, 0.5) is 4.39 Å². The van der Waals surface area contributed by atoms with Crippen molar-refractivity contribution >= 4 is 16.9 Å². The smallest absolute Gasteiger partial charge is 0.265 e. The number of pyridine rings is 2. The molecule has 0 bridgehead atoms. The van der Waals surface area contributed by atoms with Crippen LogP contribution in [0.2, 0.25) is 0 Å². The van der Waals surface area contributed by atoms with Gasteiger partial charge in [0.25, 0.3) is 11.5 Å². The van der Waals surface area contributed by atoms with Crippen molar-refractivity contribution in [3.05, 3.63) is 76.0 Å². The third-order valence-corrected chi connectivity index (χ3v) is 3.87. The molecule has 1 amide bonds. The second kappa shape index (κ2) is 6.71. The molecule has 6 heteroatoms. The van der Waals surface area contributed by atoms with E-state index in [1.54, 1.807) is 36.5 Å². The molecule has 0 fully saturated rings. The summed E-state index contributed by atoms with van der Waals surface area (Å²) in [5.41, 5.74) is -0.204. The summed E-state index contributed by atoms with van der Waals surface area (Å²) < 4.78 is 15.4. The molecule has 0 radical (unpaired) electrons. The van der Waals surface area contributed by atoms with Gasteiger partial charge in [0, 0.05) is 22.7 Å². The lowest BCUT2D eigenvalue weighted by atomic mass is 10.1. The maximum atomic E-state index is 14.1. The van der Waals surface area contributed by atoms with Crippen LogP contribution in [0.1, 0.15) is 36.7 Å². The highest BCUT2D eigenvalue weighted by molar-refractivity contribution is 5.97. The molecule has 0 aliphatic heterocycles. The largest absolute Gasteiger partial charge is 0.347 e. The number of rotatable bonds is 3. The van der Waals surface area contributed by atoms with Gasteiger partial charge in [-0.1, -0.05) is 18.2 Å². The molecular formula is C20H20FN3O2.